The van der Waals surface area contributed by atoms with Gasteiger partial charge in [0.2, 0.25) is 0 Å². The first-order chi connectivity index (χ1) is 9.86. The third-order valence-corrected chi connectivity index (χ3v) is 2.86. The zero-order chi connectivity index (χ0) is 14.5. The van der Waals surface area contributed by atoms with Crippen molar-refractivity contribution < 1.29 is 9.59 Å². The average Bonchev–Trinajstić information content (AvgIpc) is 2.50. The highest BCUT2D eigenvalue weighted by Gasteiger charge is 1.95. The van der Waals surface area contributed by atoms with Gasteiger partial charge in [0, 0.05) is 18.4 Å². The monoisotopic (exact) mass is 268 g/mol. The SMILES string of the molecule is O=CCCC/C(C=O)=C/CCCC#Cc1ccccc1. The third-order valence-electron chi connectivity index (χ3n) is 2.86. The quantitative estimate of drug-likeness (QED) is 0.312. The van der Waals surface area contributed by atoms with E-state index in [2.05, 4.69) is 11.8 Å². The van der Waals surface area contributed by atoms with Gasteiger partial charge in [-0.15, -0.1) is 0 Å². The van der Waals surface area contributed by atoms with Crippen LogP contribution in [-0.4, -0.2) is 12.6 Å². The molecule has 0 aliphatic heterocycles. The van der Waals surface area contributed by atoms with Gasteiger partial charge in [-0.25, -0.2) is 0 Å². The van der Waals surface area contributed by atoms with Crippen molar-refractivity contribution in [3.63, 3.8) is 0 Å². The summed E-state index contributed by atoms with van der Waals surface area (Å²) in [6.45, 7) is 0. The summed E-state index contributed by atoms with van der Waals surface area (Å²) < 4.78 is 0. The number of hydrogen-bond acceptors (Lipinski definition) is 2. The number of carbonyl (C=O) groups is 2. The van der Waals surface area contributed by atoms with Gasteiger partial charge in [0.15, 0.2) is 0 Å². The van der Waals surface area contributed by atoms with Gasteiger partial charge in [-0.1, -0.05) is 36.1 Å². The number of carbonyl (C=O) groups excluding carboxylic acids is 2. The van der Waals surface area contributed by atoms with E-state index in [1.165, 1.54) is 0 Å². The number of hydrogen-bond donors (Lipinski definition) is 0. The summed E-state index contributed by atoms with van der Waals surface area (Å²) in [6, 6.07) is 9.90. The van der Waals surface area contributed by atoms with Gasteiger partial charge >= 0.3 is 0 Å². The van der Waals surface area contributed by atoms with Gasteiger partial charge in [0.05, 0.1) is 0 Å². The second kappa shape index (κ2) is 10.8. The Balaban J connectivity index is 2.24. The van der Waals surface area contributed by atoms with Crippen LogP contribution in [0.4, 0.5) is 0 Å². The van der Waals surface area contributed by atoms with E-state index < -0.39 is 0 Å². The molecule has 0 atom stereocenters. The van der Waals surface area contributed by atoms with Crippen molar-refractivity contribution in [2.45, 2.75) is 38.5 Å². The predicted molar refractivity (Wildman–Crippen MR) is 81.2 cm³/mol. The van der Waals surface area contributed by atoms with Crippen LogP contribution in [0, 0.1) is 11.8 Å². The Morgan fingerprint density at radius 3 is 2.55 bits per heavy atom. The molecule has 1 aromatic rings. The number of benzene rings is 1. The zero-order valence-corrected chi connectivity index (χ0v) is 11.7. The minimum Gasteiger partial charge on any atom is -0.303 e. The van der Waals surface area contributed by atoms with Crippen molar-refractivity contribution in [1.29, 1.82) is 0 Å². The van der Waals surface area contributed by atoms with Crippen molar-refractivity contribution in [3.8, 4) is 11.8 Å². The molecule has 2 nitrogen and oxygen atoms in total. The number of rotatable bonds is 8. The van der Waals surface area contributed by atoms with E-state index in [1.807, 2.05) is 36.4 Å². The molecule has 0 N–H and O–H groups in total. The van der Waals surface area contributed by atoms with Gasteiger partial charge in [0.1, 0.15) is 12.6 Å². The van der Waals surface area contributed by atoms with Crippen LogP contribution in [-0.2, 0) is 9.59 Å². The molecule has 0 radical (unpaired) electrons. The maximum absolute atomic E-state index is 10.8. The van der Waals surface area contributed by atoms with Gasteiger partial charge in [-0.05, 0) is 43.4 Å². The molecule has 104 valence electrons. The lowest BCUT2D eigenvalue weighted by Gasteiger charge is -1.97. The zero-order valence-electron chi connectivity index (χ0n) is 11.7. The molecule has 0 fully saturated rings. The molecule has 0 heterocycles. The van der Waals surface area contributed by atoms with Crippen LogP contribution in [0.2, 0.25) is 0 Å². The van der Waals surface area contributed by atoms with Crippen molar-refractivity contribution >= 4 is 12.6 Å². The van der Waals surface area contributed by atoms with Crippen molar-refractivity contribution in [1.82, 2.24) is 0 Å². The van der Waals surface area contributed by atoms with Crippen LogP contribution in [0.25, 0.3) is 0 Å². The normalized spacial score (nSPS) is 10.5. The highest BCUT2D eigenvalue weighted by molar-refractivity contribution is 5.73. The van der Waals surface area contributed by atoms with Crippen molar-refractivity contribution in [2.24, 2.45) is 0 Å². The number of allylic oxidation sites excluding steroid dienone is 2. The summed E-state index contributed by atoms with van der Waals surface area (Å²) in [5, 5.41) is 0. The molecule has 0 bridgehead atoms. The van der Waals surface area contributed by atoms with Crippen LogP contribution in [0.15, 0.2) is 42.0 Å². The molecule has 1 aromatic carbocycles. The molecule has 0 aliphatic rings. The fourth-order valence-electron chi connectivity index (χ4n) is 1.76. The number of aldehydes is 2. The van der Waals surface area contributed by atoms with E-state index in [0.29, 0.717) is 12.8 Å². The summed E-state index contributed by atoms with van der Waals surface area (Å²) in [6.07, 6.45) is 8.34. The summed E-state index contributed by atoms with van der Waals surface area (Å²) in [4.78, 5) is 21.0. The average molecular weight is 268 g/mol. The lowest BCUT2D eigenvalue weighted by atomic mass is 10.1. The minimum atomic E-state index is 0.522. The lowest BCUT2D eigenvalue weighted by Crippen LogP contribution is -1.87. The first kappa shape index (κ1) is 15.9. The standard InChI is InChI=1S/C18H20O2/c19-15-9-8-14-18(16-20)13-5-2-1-4-10-17-11-6-3-7-12-17/h3,6-7,11-13,15-16H,1-2,5,8-9,14H2/b18-13-. The van der Waals surface area contributed by atoms with Crippen LogP contribution < -0.4 is 0 Å². The molecule has 0 spiro atoms. The second-order valence-corrected chi connectivity index (χ2v) is 4.52. The topological polar surface area (TPSA) is 34.1 Å². The Morgan fingerprint density at radius 2 is 1.85 bits per heavy atom. The van der Waals surface area contributed by atoms with Gasteiger partial charge in [-0.3, -0.25) is 4.79 Å². The Labute approximate surface area is 120 Å². The van der Waals surface area contributed by atoms with Crippen LogP contribution >= 0.6 is 0 Å². The predicted octanol–water partition coefficient (Wildman–Crippen LogP) is 3.70. The fourth-order valence-corrected chi connectivity index (χ4v) is 1.76. The summed E-state index contributed by atoms with van der Waals surface area (Å²) in [5.41, 5.74) is 1.83. The molecular weight excluding hydrogens is 248 g/mol. The second-order valence-electron chi connectivity index (χ2n) is 4.52. The molecular formula is C18H20O2. The van der Waals surface area contributed by atoms with E-state index in [4.69, 9.17) is 0 Å². The third kappa shape index (κ3) is 7.33. The first-order valence-corrected chi connectivity index (χ1v) is 6.98. The summed E-state index contributed by atoms with van der Waals surface area (Å²) in [5.74, 6) is 6.24. The molecule has 20 heavy (non-hydrogen) atoms. The van der Waals surface area contributed by atoms with Crippen molar-refractivity contribution in [3.05, 3.63) is 47.5 Å². The first-order valence-electron chi connectivity index (χ1n) is 6.98. The number of unbranched alkanes of at least 4 members (excludes halogenated alkanes) is 3. The largest absolute Gasteiger partial charge is 0.303 e. The lowest BCUT2D eigenvalue weighted by molar-refractivity contribution is -0.108. The van der Waals surface area contributed by atoms with Crippen LogP contribution in [0.3, 0.4) is 0 Å². The van der Waals surface area contributed by atoms with E-state index in [1.54, 1.807) is 0 Å². The Hall–Kier alpha value is -2.14. The Morgan fingerprint density at radius 1 is 1.05 bits per heavy atom. The Bertz CT molecular complexity index is 489. The maximum Gasteiger partial charge on any atom is 0.145 e. The van der Waals surface area contributed by atoms with Crippen LogP contribution in [0.1, 0.15) is 44.1 Å². The summed E-state index contributed by atoms with van der Waals surface area (Å²) in [7, 11) is 0. The van der Waals surface area contributed by atoms with E-state index in [9.17, 15) is 9.59 Å². The van der Waals surface area contributed by atoms with E-state index >= 15 is 0 Å². The fraction of sp³-hybridized carbons (Fsp3) is 0.333. The molecule has 0 saturated heterocycles. The maximum atomic E-state index is 10.8. The van der Waals surface area contributed by atoms with E-state index in [0.717, 1.165) is 49.4 Å². The van der Waals surface area contributed by atoms with Gasteiger partial charge in [-0.2, -0.15) is 0 Å². The highest BCUT2D eigenvalue weighted by atomic mass is 16.1. The molecule has 2 heteroatoms. The van der Waals surface area contributed by atoms with Crippen LogP contribution in [0.5, 0.6) is 0 Å². The Kier molecular flexibility index (Phi) is 8.56. The molecule has 0 amide bonds. The molecule has 0 aromatic heterocycles. The van der Waals surface area contributed by atoms with Gasteiger partial charge < -0.3 is 4.79 Å². The molecule has 0 unspecified atom stereocenters. The minimum absolute atomic E-state index is 0.522. The summed E-state index contributed by atoms with van der Waals surface area (Å²) >= 11 is 0. The smallest absolute Gasteiger partial charge is 0.145 e. The van der Waals surface area contributed by atoms with E-state index in [-0.39, 0.29) is 0 Å². The molecule has 0 aliphatic carbocycles. The van der Waals surface area contributed by atoms with Crippen molar-refractivity contribution in [2.75, 3.05) is 0 Å². The molecule has 0 saturated carbocycles. The molecule has 1 rings (SSSR count). The van der Waals surface area contributed by atoms with Gasteiger partial charge in [0.25, 0.3) is 0 Å². The highest BCUT2D eigenvalue weighted by Crippen LogP contribution is 2.07.